The zero-order chi connectivity index (χ0) is 14.9. The van der Waals surface area contributed by atoms with Gasteiger partial charge in [0.05, 0.1) is 11.9 Å². The first-order valence-electron chi connectivity index (χ1n) is 6.85. The van der Waals surface area contributed by atoms with E-state index in [1.54, 1.807) is 7.05 Å². The second-order valence-electron chi connectivity index (χ2n) is 5.22. The average molecular weight is 270 g/mol. The molecule has 2 heterocycles. The highest BCUT2D eigenvalue weighted by Gasteiger charge is 2.24. The fourth-order valence-electron chi connectivity index (χ4n) is 2.66. The van der Waals surface area contributed by atoms with Gasteiger partial charge in [-0.05, 0) is 25.3 Å². The summed E-state index contributed by atoms with van der Waals surface area (Å²) in [7, 11) is 1.77. The molecule has 0 atom stereocenters. The van der Waals surface area contributed by atoms with Crippen LogP contribution in [0, 0.1) is 5.92 Å². The SMILES string of the molecule is C=C1C(C(C)C)=C(C)Nc2c(/C(C=NC)=C/C)cnn21. The van der Waals surface area contributed by atoms with Crippen molar-refractivity contribution < 1.29 is 0 Å². The summed E-state index contributed by atoms with van der Waals surface area (Å²) in [6, 6.07) is 0. The van der Waals surface area contributed by atoms with Crippen LogP contribution in [0.3, 0.4) is 0 Å². The third kappa shape index (κ3) is 2.22. The zero-order valence-corrected chi connectivity index (χ0v) is 12.9. The molecule has 1 N–H and O–H groups in total. The Balaban J connectivity index is 2.53. The Morgan fingerprint density at radius 3 is 2.75 bits per heavy atom. The van der Waals surface area contributed by atoms with Crippen molar-refractivity contribution >= 4 is 23.3 Å². The van der Waals surface area contributed by atoms with Crippen molar-refractivity contribution in [3.05, 3.63) is 35.7 Å². The van der Waals surface area contributed by atoms with Crippen molar-refractivity contribution in [2.45, 2.75) is 27.7 Å². The van der Waals surface area contributed by atoms with Gasteiger partial charge in [-0.15, -0.1) is 0 Å². The number of fused-ring (bicyclic) bond motifs is 1. The maximum atomic E-state index is 4.47. The summed E-state index contributed by atoms with van der Waals surface area (Å²) in [4.78, 5) is 4.10. The van der Waals surface area contributed by atoms with E-state index in [-0.39, 0.29) is 0 Å². The van der Waals surface area contributed by atoms with Gasteiger partial charge in [0.1, 0.15) is 5.82 Å². The average Bonchev–Trinajstić information content (AvgIpc) is 2.79. The summed E-state index contributed by atoms with van der Waals surface area (Å²) < 4.78 is 1.88. The number of allylic oxidation sites excluding steroid dienone is 5. The van der Waals surface area contributed by atoms with E-state index in [0.29, 0.717) is 5.92 Å². The molecule has 20 heavy (non-hydrogen) atoms. The largest absolute Gasteiger partial charge is 0.343 e. The number of nitrogens with zero attached hydrogens (tertiary/aromatic N) is 3. The molecule has 0 saturated heterocycles. The Morgan fingerprint density at radius 2 is 2.20 bits per heavy atom. The number of hydrogen-bond donors (Lipinski definition) is 1. The molecule has 0 fully saturated rings. The van der Waals surface area contributed by atoms with Gasteiger partial charge < -0.3 is 5.32 Å². The van der Waals surface area contributed by atoms with Crippen molar-refractivity contribution in [3.63, 3.8) is 0 Å². The van der Waals surface area contributed by atoms with Gasteiger partial charge in [0, 0.05) is 30.1 Å². The van der Waals surface area contributed by atoms with Crippen LogP contribution in [0.4, 0.5) is 5.82 Å². The standard InChI is InChI=1S/C16H22N4/c1-7-13(8-17-6)14-9-18-20-12(5)15(10(2)3)11(4)19-16(14)20/h7-10,19H,5H2,1-4,6H3/b13-7+,17-8?. The maximum absolute atomic E-state index is 4.47. The highest BCUT2D eigenvalue weighted by molar-refractivity contribution is 6.11. The Bertz CT molecular complexity index is 627. The molecule has 106 valence electrons. The fourth-order valence-corrected chi connectivity index (χ4v) is 2.66. The summed E-state index contributed by atoms with van der Waals surface area (Å²) >= 11 is 0. The molecule has 1 aromatic rings. The third-order valence-corrected chi connectivity index (χ3v) is 3.51. The summed E-state index contributed by atoms with van der Waals surface area (Å²) in [6.45, 7) is 12.6. The number of nitrogens with one attached hydrogen (secondary N) is 1. The van der Waals surface area contributed by atoms with E-state index in [1.807, 2.05) is 30.1 Å². The fraction of sp³-hybridized carbons (Fsp3) is 0.375. The van der Waals surface area contributed by atoms with E-state index in [0.717, 1.165) is 28.3 Å². The second kappa shape index (κ2) is 5.49. The first kappa shape index (κ1) is 14.3. The van der Waals surface area contributed by atoms with Gasteiger partial charge in [-0.1, -0.05) is 26.5 Å². The second-order valence-corrected chi connectivity index (χ2v) is 5.22. The van der Waals surface area contributed by atoms with Gasteiger partial charge in [0.25, 0.3) is 0 Å². The maximum Gasteiger partial charge on any atom is 0.141 e. The highest BCUT2D eigenvalue weighted by atomic mass is 15.3. The van der Waals surface area contributed by atoms with Crippen LogP contribution in [-0.4, -0.2) is 23.0 Å². The van der Waals surface area contributed by atoms with Crippen molar-refractivity contribution in [3.8, 4) is 0 Å². The molecule has 0 spiro atoms. The normalized spacial score (nSPS) is 16.1. The first-order valence-corrected chi connectivity index (χ1v) is 6.85. The van der Waals surface area contributed by atoms with Crippen LogP contribution in [0.2, 0.25) is 0 Å². The van der Waals surface area contributed by atoms with Crippen LogP contribution < -0.4 is 5.32 Å². The Labute approximate surface area is 120 Å². The molecule has 0 radical (unpaired) electrons. The van der Waals surface area contributed by atoms with Crippen LogP contribution in [0.5, 0.6) is 0 Å². The summed E-state index contributed by atoms with van der Waals surface area (Å²) in [5.74, 6) is 1.37. The number of aliphatic imine (C=N–C) groups is 1. The smallest absolute Gasteiger partial charge is 0.141 e. The van der Waals surface area contributed by atoms with Crippen LogP contribution in [0.25, 0.3) is 11.3 Å². The predicted octanol–water partition coefficient (Wildman–Crippen LogP) is 3.81. The van der Waals surface area contributed by atoms with Gasteiger partial charge in [-0.3, -0.25) is 4.99 Å². The minimum atomic E-state index is 0.411. The summed E-state index contributed by atoms with van der Waals surface area (Å²) in [5.41, 5.74) is 5.40. The Kier molecular flexibility index (Phi) is 3.93. The topological polar surface area (TPSA) is 42.2 Å². The van der Waals surface area contributed by atoms with Gasteiger partial charge in [-0.2, -0.15) is 5.10 Å². The summed E-state index contributed by atoms with van der Waals surface area (Å²) in [5, 5.41) is 7.93. The van der Waals surface area contributed by atoms with Gasteiger partial charge in [0.15, 0.2) is 0 Å². The van der Waals surface area contributed by atoms with Crippen molar-refractivity contribution in [2.75, 3.05) is 12.4 Å². The Morgan fingerprint density at radius 1 is 1.50 bits per heavy atom. The van der Waals surface area contributed by atoms with E-state index >= 15 is 0 Å². The molecule has 0 bridgehead atoms. The lowest BCUT2D eigenvalue weighted by molar-refractivity contribution is 0.748. The van der Waals surface area contributed by atoms with E-state index < -0.39 is 0 Å². The molecule has 4 nitrogen and oxygen atoms in total. The molecule has 0 saturated carbocycles. The third-order valence-electron chi connectivity index (χ3n) is 3.51. The summed E-state index contributed by atoms with van der Waals surface area (Å²) in [6.07, 6.45) is 5.74. The number of hydrogen-bond acceptors (Lipinski definition) is 3. The van der Waals surface area contributed by atoms with Crippen LogP contribution in [-0.2, 0) is 0 Å². The van der Waals surface area contributed by atoms with Gasteiger partial charge in [0.2, 0.25) is 0 Å². The quantitative estimate of drug-likeness (QED) is 0.849. The predicted molar refractivity (Wildman–Crippen MR) is 86.8 cm³/mol. The van der Waals surface area contributed by atoms with Crippen LogP contribution in [0.1, 0.15) is 33.3 Å². The Hall–Kier alpha value is -2.10. The lowest BCUT2D eigenvalue weighted by atomic mass is 9.97. The number of aromatic nitrogens is 2. The van der Waals surface area contributed by atoms with Crippen LogP contribution >= 0.6 is 0 Å². The van der Waals surface area contributed by atoms with Crippen LogP contribution in [0.15, 0.2) is 35.1 Å². The lowest BCUT2D eigenvalue weighted by Crippen LogP contribution is -2.19. The van der Waals surface area contributed by atoms with E-state index in [4.69, 9.17) is 0 Å². The number of anilines is 1. The molecular weight excluding hydrogens is 248 g/mol. The van der Waals surface area contributed by atoms with E-state index in [9.17, 15) is 0 Å². The molecule has 2 rings (SSSR count). The first-order chi connectivity index (χ1) is 9.51. The van der Waals surface area contributed by atoms with Gasteiger partial charge >= 0.3 is 0 Å². The molecule has 0 unspecified atom stereocenters. The van der Waals surface area contributed by atoms with Crippen molar-refractivity contribution in [1.82, 2.24) is 9.78 Å². The molecule has 4 heteroatoms. The zero-order valence-electron chi connectivity index (χ0n) is 12.9. The van der Waals surface area contributed by atoms with Crippen molar-refractivity contribution in [2.24, 2.45) is 10.9 Å². The minimum Gasteiger partial charge on any atom is -0.343 e. The molecule has 1 aliphatic rings. The molecule has 0 aromatic carbocycles. The highest BCUT2D eigenvalue weighted by Crippen LogP contribution is 2.36. The number of rotatable bonds is 3. The molecule has 0 aliphatic carbocycles. The lowest BCUT2D eigenvalue weighted by Gasteiger charge is -2.26. The molecule has 1 aliphatic heterocycles. The molecule has 1 aromatic heterocycles. The molecular formula is C16H22N4. The van der Waals surface area contributed by atoms with E-state index in [2.05, 4.69) is 42.8 Å². The van der Waals surface area contributed by atoms with Crippen molar-refractivity contribution in [1.29, 1.82) is 0 Å². The molecule has 0 amide bonds. The minimum absolute atomic E-state index is 0.411. The van der Waals surface area contributed by atoms with E-state index in [1.165, 1.54) is 5.57 Å². The van der Waals surface area contributed by atoms with Gasteiger partial charge in [-0.25, -0.2) is 4.68 Å². The monoisotopic (exact) mass is 270 g/mol.